The lowest BCUT2D eigenvalue weighted by molar-refractivity contribution is 0.122. The fourth-order valence-corrected chi connectivity index (χ4v) is 3.12. The van der Waals surface area contributed by atoms with E-state index < -0.39 is 0 Å². The fraction of sp³-hybridized carbons (Fsp3) is 0.286. The lowest BCUT2D eigenvalue weighted by atomic mass is 10.2. The summed E-state index contributed by atoms with van der Waals surface area (Å²) in [7, 11) is 1.66. The van der Waals surface area contributed by atoms with Gasteiger partial charge in [-0.15, -0.1) is 0 Å². The van der Waals surface area contributed by atoms with Gasteiger partial charge in [0, 0.05) is 42.8 Å². The maximum Gasteiger partial charge on any atom is 0.229 e. The SMILES string of the molecule is COc1cc(N2CCOCC2)ccc1Nc1ncc(C)c(Nc2cccnc2)n1. The number of methoxy groups -OCH3 is 1. The average molecular weight is 392 g/mol. The van der Waals surface area contributed by atoms with E-state index in [2.05, 4.69) is 36.6 Å². The summed E-state index contributed by atoms with van der Waals surface area (Å²) in [5, 5.41) is 6.54. The van der Waals surface area contributed by atoms with E-state index in [4.69, 9.17) is 9.47 Å². The number of anilines is 5. The molecule has 0 aliphatic carbocycles. The lowest BCUT2D eigenvalue weighted by Gasteiger charge is -2.29. The topological polar surface area (TPSA) is 84.4 Å². The molecule has 1 saturated heterocycles. The summed E-state index contributed by atoms with van der Waals surface area (Å²) in [6.07, 6.45) is 5.27. The second-order valence-electron chi connectivity index (χ2n) is 6.70. The Morgan fingerprint density at radius 1 is 1.10 bits per heavy atom. The quantitative estimate of drug-likeness (QED) is 0.659. The van der Waals surface area contributed by atoms with Crippen molar-refractivity contribution < 1.29 is 9.47 Å². The third-order valence-electron chi connectivity index (χ3n) is 4.70. The number of ether oxygens (including phenoxy) is 2. The second-order valence-corrected chi connectivity index (χ2v) is 6.70. The van der Waals surface area contributed by atoms with Crippen LogP contribution in [0.1, 0.15) is 5.56 Å². The van der Waals surface area contributed by atoms with Crippen LogP contribution >= 0.6 is 0 Å². The minimum Gasteiger partial charge on any atom is -0.494 e. The summed E-state index contributed by atoms with van der Waals surface area (Å²) in [6, 6.07) is 9.89. The molecule has 1 aromatic carbocycles. The summed E-state index contributed by atoms with van der Waals surface area (Å²) in [6.45, 7) is 5.19. The molecule has 0 atom stereocenters. The molecule has 3 heterocycles. The normalized spacial score (nSPS) is 13.8. The molecule has 8 heteroatoms. The van der Waals surface area contributed by atoms with Crippen molar-refractivity contribution in [3.05, 3.63) is 54.5 Å². The average Bonchev–Trinajstić information content (AvgIpc) is 2.77. The van der Waals surface area contributed by atoms with Crippen LogP contribution in [0.5, 0.6) is 5.75 Å². The zero-order valence-electron chi connectivity index (χ0n) is 16.6. The van der Waals surface area contributed by atoms with Gasteiger partial charge < -0.3 is 25.0 Å². The Labute approximate surface area is 169 Å². The Morgan fingerprint density at radius 3 is 2.72 bits per heavy atom. The summed E-state index contributed by atoms with van der Waals surface area (Å²) in [5.74, 6) is 1.94. The number of nitrogens with zero attached hydrogens (tertiary/aromatic N) is 4. The van der Waals surface area contributed by atoms with Crippen molar-refractivity contribution in [1.29, 1.82) is 0 Å². The van der Waals surface area contributed by atoms with Crippen molar-refractivity contribution in [2.24, 2.45) is 0 Å². The highest BCUT2D eigenvalue weighted by Crippen LogP contribution is 2.32. The van der Waals surface area contributed by atoms with Crippen LogP contribution in [-0.4, -0.2) is 48.4 Å². The molecule has 3 aromatic rings. The van der Waals surface area contributed by atoms with E-state index in [0.717, 1.165) is 60.5 Å². The maximum absolute atomic E-state index is 5.60. The number of nitrogens with one attached hydrogen (secondary N) is 2. The zero-order valence-corrected chi connectivity index (χ0v) is 16.6. The van der Waals surface area contributed by atoms with Gasteiger partial charge in [0.2, 0.25) is 5.95 Å². The number of pyridine rings is 1. The standard InChI is InChI=1S/C21H24N6O2/c1-15-13-23-21(26-20(15)24-16-4-3-7-22-14-16)25-18-6-5-17(12-19(18)28-2)27-8-10-29-11-9-27/h3-7,12-14H,8-11H2,1-2H3,(H2,23,24,25,26). The number of hydrogen-bond donors (Lipinski definition) is 2. The molecular weight excluding hydrogens is 368 g/mol. The van der Waals surface area contributed by atoms with E-state index in [9.17, 15) is 0 Å². The number of aryl methyl sites for hydroxylation is 1. The maximum atomic E-state index is 5.60. The molecule has 8 nitrogen and oxygen atoms in total. The largest absolute Gasteiger partial charge is 0.494 e. The number of rotatable bonds is 6. The van der Waals surface area contributed by atoms with Gasteiger partial charge in [0.05, 0.1) is 37.9 Å². The zero-order chi connectivity index (χ0) is 20.1. The van der Waals surface area contributed by atoms with Crippen molar-refractivity contribution in [3.8, 4) is 5.75 Å². The first-order valence-corrected chi connectivity index (χ1v) is 9.51. The van der Waals surface area contributed by atoms with Crippen LogP contribution in [-0.2, 0) is 4.74 Å². The van der Waals surface area contributed by atoms with Gasteiger partial charge in [0.15, 0.2) is 0 Å². The third-order valence-corrected chi connectivity index (χ3v) is 4.70. The molecule has 4 rings (SSSR count). The smallest absolute Gasteiger partial charge is 0.229 e. The van der Waals surface area contributed by atoms with Crippen molar-refractivity contribution >= 4 is 28.8 Å². The molecule has 2 N–H and O–H groups in total. The van der Waals surface area contributed by atoms with Crippen LogP contribution < -0.4 is 20.3 Å². The highest BCUT2D eigenvalue weighted by atomic mass is 16.5. The monoisotopic (exact) mass is 392 g/mol. The minimum atomic E-state index is 0.486. The third kappa shape index (κ3) is 4.55. The summed E-state index contributed by atoms with van der Waals surface area (Å²) in [5.41, 5.74) is 3.72. The predicted molar refractivity (Wildman–Crippen MR) is 114 cm³/mol. The number of morpholine rings is 1. The predicted octanol–water partition coefficient (Wildman–Crippen LogP) is 3.51. The first-order chi connectivity index (χ1) is 14.2. The first kappa shape index (κ1) is 18.9. The molecule has 0 unspecified atom stereocenters. The van der Waals surface area contributed by atoms with E-state index >= 15 is 0 Å². The molecule has 0 bridgehead atoms. The second kappa shape index (κ2) is 8.74. The summed E-state index contributed by atoms with van der Waals surface area (Å²) >= 11 is 0. The van der Waals surface area contributed by atoms with Crippen LogP contribution in [0.25, 0.3) is 0 Å². The van der Waals surface area contributed by atoms with Gasteiger partial charge in [-0.2, -0.15) is 4.98 Å². The molecule has 2 aromatic heterocycles. The number of hydrogen-bond acceptors (Lipinski definition) is 8. The molecule has 1 aliphatic rings. The van der Waals surface area contributed by atoms with E-state index in [-0.39, 0.29) is 0 Å². The van der Waals surface area contributed by atoms with Crippen molar-refractivity contribution in [3.63, 3.8) is 0 Å². The Morgan fingerprint density at radius 2 is 1.97 bits per heavy atom. The lowest BCUT2D eigenvalue weighted by Crippen LogP contribution is -2.36. The summed E-state index contributed by atoms with van der Waals surface area (Å²) < 4.78 is 11.0. The van der Waals surface area contributed by atoms with Crippen LogP contribution in [0.2, 0.25) is 0 Å². The Hall–Kier alpha value is -3.39. The molecule has 1 fully saturated rings. The van der Waals surface area contributed by atoms with Crippen LogP contribution in [0.4, 0.5) is 28.8 Å². The Bertz CT molecular complexity index is 961. The minimum absolute atomic E-state index is 0.486. The van der Waals surface area contributed by atoms with Gasteiger partial charge in [-0.05, 0) is 31.2 Å². The molecule has 1 aliphatic heterocycles. The molecule has 0 spiro atoms. The highest BCUT2D eigenvalue weighted by Gasteiger charge is 2.14. The van der Waals surface area contributed by atoms with E-state index in [0.29, 0.717) is 5.95 Å². The van der Waals surface area contributed by atoms with Gasteiger partial charge in [0.25, 0.3) is 0 Å². The molecule has 0 radical (unpaired) electrons. The van der Waals surface area contributed by atoms with E-state index in [1.807, 2.05) is 31.2 Å². The number of aromatic nitrogens is 3. The fourth-order valence-electron chi connectivity index (χ4n) is 3.12. The highest BCUT2D eigenvalue weighted by molar-refractivity contribution is 5.69. The molecule has 29 heavy (non-hydrogen) atoms. The molecule has 0 amide bonds. The van der Waals surface area contributed by atoms with Gasteiger partial charge in [-0.1, -0.05) is 0 Å². The first-order valence-electron chi connectivity index (χ1n) is 9.51. The van der Waals surface area contributed by atoms with E-state index in [1.165, 1.54) is 0 Å². The van der Waals surface area contributed by atoms with Crippen molar-refractivity contribution in [2.75, 3.05) is 48.9 Å². The Kier molecular flexibility index (Phi) is 5.71. The Balaban J connectivity index is 1.54. The number of benzene rings is 1. The van der Waals surface area contributed by atoms with Crippen LogP contribution in [0.3, 0.4) is 0 Å². The van der Waals surface area contributed by atoms with Gasteiger partial charge in [0.1, 0.15) is 11.6 Å². The van der Waals surface area contributed by atoms with Crippen molar-refractivity contribution in [2.45, 2.75) is 6.92 Å². The van der Waals surface area contributed by atoms with Crippen LogP contribution in [0.15, 0.2) is 48.9 Å². The molecule has 0 saturated carbocycles. The van der Waals surface area contributed by atoms with Gasteiger partial charge >= 0.3 is 0 Å². The van der Waals surface area contributed by atoms with Gasteiger partial charge in [-0.25, -0.2) is 4.98 Å². The summed E-state index contributed by atoms with van der Waals surface area (Å²) in [4.78, 5) is 15.4. The van der Waals surface area contributed by atoms with Crippen molar-refractivity contribution in [1.82, 2.24) is 15.0 Å². The van der Waals surface area contributed by atoms with E-state index in [1.54, 1.807) is 25.7 Å². The van der Waals surface area contributed by atoms with Gasteiger partial charge in [-0.3, -0.25) is 4.98 Å². The molecular formula is C21H24N6O2. The molecule has 150 valence electrons. The van der Waals surface area contributed by atoms with Crippen LogP contribution in [0, 0.1) is 6.92 Å².